The average molecular weight is 338 g/mol. The molecule has 1 saturated heterocycles. The Hall–Kier alpha value is -0.210. The van der Waals surface area contributed by atoms with Crippen LogP contribution in [0, 0.1) is 6.92 Å². The lowest BCUT2D eigenvalue weighted by molar-refractivity contribution is 0.225. The summed E-state index contributed by atoms with van der Waals surface area (Å²) in [7, 11) is -3.45. The van der Waals surface area contributed by atoms with Gasteiger partial charge in [0, 0.05) is 19.1 Å². The van der Waals surface area contributed by atoms with Gasteiger partial charge in [0.2, 0.25) is 0 Å². The summed E-state index contributed by atoms with van der Waals surface area (Å²) in [6, 6.07) is 0.309. The van der Waals surface area contributed by atoms with E-state index in [-0.39, 0.29) is 8.68 Å². The molecule has 1 atom stereocenters. The van der Waals surface area contributed by atoms with E-state index in [4.69, 9.17) is 11.6 Å². The molecule has 2 rings (SSSR count). The van der Waals surface area contributed by atoms with Crippen LogP contribution in [0.4, 0.5) is 0 Å². The molecular formula is C12H20ClN3O2S2. The molecule has 114 valence electrons. The fraction of sp³-hybridized carbons (Fsp3) is 0.750. The van der Waals surface area contributed by atoms with Crippen LogP contribution in [0.25, 0.3) is 0 Å². The van der Waals surface area contributed by atoms with Gasteiger partial charge >= 0.3 is 0 Å². The van der Waals surface area contributed by atoms with Crippen molar-refractivity contribution in [3.05, 3.63) is 10.2 Å². The largest absolute Gasteiger partial charge is 0.300 e. The Morgan fingerprint density at radius 1 is 1.45 bits per heavy atom. The van der Waals surface area contributed by atoms with Crippen LogP contribution in [-0.2, 0) is 10.0 Å². The minimum atomic E-state index is -3.45. The van der Waals surface area contributed by atoms with Gasteiger partial charge in [-0.15, -0.1) is 0 Å². The smallest absolute Gasteiger partial charge is 0.254 e. The van der Waals surface area contributed by atoms with Gasteiger partial charge in [-0.05, 0) is 26.4 Å². The summed E-state index contributed by atoms with van der Waals surface area (Å²) in [5.41, 5.74) is 0.492. The summed E-state index contributed by atoms with van der Waals surface area (Å²) in [6.07, 6.45) is 0.881. The fourth-order valence-corrected chi connectivity index (χ4v) is 6.04. The van der Waals surface area contributed by atoms with E-state index in [1.807, 2.05) is 0 Å². The molecule has 5 nitrogen and oxygen atoms in total. The van der Waals surface area contributed by atoms with E-state index < -0.39 is 10.0 Å². The zero-order valence-electron chi connectivity index (χ0n) is 12.0. The number of likely N-dealkylation sites (N-methyl/N-ethyl adjacent to an activating group) is 1. The molecule has 20 heavy (non-hydrogen) atoms. The van der Waals surface area contributed by atoms with E-state index in [2.05, 4.69) is 23.7 Å². The molecule has 0 amide bonds. The second-order valence-electron chi connectivity index (χ2n) is 4.87. The minimum absolute atomic E-state index is 0.278. The van der Waals surface area contributed by atoms with E-state index in [1.54, 1.807) is 11.2 Å². The number of hydrogen-bond donors (Lipinski definition) is 0. The summed E-state index contributed by atoms with van der Waals surface area (Å²) in [6.45, 7) is 8.91. The maximum atomic E-state index is 12.6. The summed E-state index contributed by atoms with van der Waals surface area (Å²) >= 11 is 6.86. The van der Waals surface area contributed by atoms with Crippen molar-refractivity contribution in [2.24, 2.45) is 0 Å². The number of rotatable bonds is 5. The maximum Gasteiger partial charge on any atom is 0.254 e. The molecule has 1 aromatic rings. The topological polar surface area (TPSA) is 53.5 Å². The van der Waals surface area contributed by atoms with Gasteiger partial charge < -0.3 is 0 Å². The Kier molecular flexibility index (Phi) is 5.07. The minimum Gasteiger partial charge on any atom is -0.300 e. The summed E-state index contributed by atoms with van der Waals surface area (Å²) < 4.78 is 27.4. The van der Waals surface area contributed by atoms with Crippen LogP contribution in [0.2, 0.25) is 4.47 Å². The van der Waals surface area contributed by atoms with E-state index in [9.17, 15) is 8.42 Å². The molecule has 1 unspecified atom stereocenters. The number of sulfonamides is 1. The number of aromatic nitrogens is 1. The number of nitrogens with zero attached hydrogens (tertiary/aromatic N) is 3. The second kappa shape index (κ2) is 6.27. The highest BCUT2D eigenvalue weighted by Crippen LogP contribution is 2.31. The van der Waals surface area contributed by atoms with Crippen LogP contribution in [0.1, 0.15) is 26.0 Å². The lowest BCUT2D eigenvalue weighted by atomic mass is 10.2. The number of aryl methyl sites for hydroxylation is 1. The first-order valence-electron chi connectivity index (χ1n) is 6.77. The second-order valence-corrected chi connectivity index (χ2v) is 8.58. The Morgan fingerprint density at radius 2 is 2.10 bits per heavy atom. The Morgan fingerprint density at radius 3 is 2.60 bits per heavy atom. The molecule has 0 bridgehead atoms. The standard InChI is InChI=1S/C12H20ClN3O2S2/c1-4-15(5-2)10-6-7-16(8-10)20(17,18)11-9(3)14-12(13)19-11/h10H,4-8H2,1-3H3. The molecule has 2 heterocycles. The summed E-state index contributed by atoms with van der Waals surface area (Å²) in [5.74, 6) is 0. The predicted octanol–water partition coefficient (Wildman–Crippen LogP) is 2.21. The molecule has 1 fully saturated rings. The molecule has 0 radical (unpaired) electrons. The highest BCUT2D eigenvalue weighted by molar-refractivity contribution is 7.91. The van der Waals surface area contributed by atoms with Crippen molar-refractivity contribution in [3.63, 3.8) is 0 Å². The predicted molar refractivity (Wildman–Crippen MR) is 81.9 cm³/mol. The Bertz CT molecular complexity index is 569. The third-order valence-electron chi connectivity index (χ3n) is 3.76. The first kappa shape index (κ1) is 16.2. The molecular weight excluding hydrogens is 318 g/mol. The molecule has 1 aromatic heterocycles. The van der Waals surface area contributed by atoms with Gasteiger partial charge in [0.15, 0.2) is 8.68 Å². The highest BCUT2D eigenvalue weighted by atomic mass is 35.5. The number of thiazole rings is 1. The maximum absolute atomic E-state index is 12.6. The van der Waals surface area contributed by atoms with Gasteiger partial charge in [0.25, 0.3) is 10.0 Å². The van der Waals surface area contributed by atoms with E-state index in [0.29, 0.717) is 24.8 Å². The van der Waals surface area contributed by atoms with E-state index in [0.717, 1.165) is 30.8 Å². The molecule has 0 N–H and O–H groups in total. The normalized spacial score (nSPS) is 20.9. The van der Waals surface area contributed by atoms with E-state index in [1.165, 1.54) is 0 Å². The van der Waals surface area contributed by atoms with Crippen LogP contribution in [-0.4, -0.2) is 54.8 Å². The SMILES string of the molecule is CCN(CC)C1CCN(S(=O)(=O)c2sc(Cl)nc2C)C1. The van der Waals surface area contributed by atoms with Crippen molar-refractivity contribution in [1.82, 2.24) is 14.2 Å². The van der Waals surface area contributed by atoms with Crippen molar-refractivity contribution in [2.75, 3.05) is 26.2 Å². The van der Waals surface area contributed by atoms with Crippen LogP contribution >= 0.6 is 22.9 Å². The van der Waals surface area contributed by atoms with Crippen molar-refractivity contribution in [3.8, 4) is 0 Å². The molecule has 8 heteroatoms. The third kappa shape index (κ3) is 3.01. The van der Waals surface area contributed by atoms with Crippen LogP contribution in [0.3, 0.4) is 0 Å². The monoisotopic (exact) mass is 337 g/mol. The van der Waals surface area contributed by atoms with Gasteiger partial charge in [-0.2, -0.15) is 4.31 Å². The van der Waals surface area contributed by atoms with Crippen LogP contribution in [0.15, 0.2) is 4.21 Å². The zero-order chi connectivity index (χ0) is 14.9. The molecule has 0 saturated carbocycles. The van der Waals surface area contributed by atoms with E-state index >= 15 is 0 Å². The van der Waals surface area contributed by atoms with Crippen molar-refractivity contribution in [2.45, 2.75) is 37.4 Å². The van der Waals surface area contributed by atoms with Gasteiger partial charge in [0.05, 0.1) is 5.69 Å². The summed E-state index contributed by atoms with van der Waals surface area (Å²) in [5, 5.41) is 0. The first-order chi connectivity index (χ1) is 9.40. The number of halogens is 1. The third-order valence-corrected chi connectivity index (χ3v) is 7.47. The van der Waals surface area contributed by atoms with Crippen molar-refractivity contribution < 1.29 is 8.42 Å². The van der Waals surface area contributed by atoms with Gasteiger partial charge in [-0.25, -0.2) is 13.4 Å². The lowest BCUT2D eigenvalue weighted by Crippen LogP contribution is -2.38. The van der Waals surface area contributed by atoms with Crippen LogP contribution in [0.5, 0.6) is 0 Å². The van der Waals surface area contributed by atoms with Gasteiger partial charge in [0.1, 0.15) is 0 Å². The van der Waals surface area contributed by atoms with Gasteiger partial charge in [-0.1, -0.05) is 36.8 Å². The number of hydrogen-bond acceptors (Lipinski definition) is 5. The lowest BCUT2D eigenvalue weighted by Gasteiger charge is -2.25. The molecule has 1 aliphatic rings. The quantitative estimate of drug-likeness (QED) is 0.826. The first-order valence-corrected chi connectivity index (χ1v) is 9.40. The Balaban J connectivity index is 2.19. The zero-order valence-corrected chi connectivity index (χ0v) is 14.4. The van der Waals surface area contributed by atoms with Crippen molar-refractivity contribution in [1.29, 1.82) is 0 Å². The summed E-state index contributed by atoms with van der Waals surface area (Å²) in [4.78, 5) is 6.31. The Labute approximate surface area is 129 Å². The molecule has 0 spiro atoms. The highest BCUT2D eigenvalue weighted by Gasteiger charge is 2.36. The average Bonchev–Trinajstić information content (AvgIpc) is 2.98. The van der Waals surface area contributed by atoms with Crippen molar-refractivity contribution >= 4 is 33.0 Å². The molecule has 0 aromatic carbocycles. The molecule has 1 aliphatic heterocycles. The molecule has 0 aliphatic carbocycles. The fourth-order valence-electron chi connectivity index (χ4n) is 2.67. The van der Waals surface area contributed by atoms with Gasteiger partial charge in [-0.3, -0.25) is 4.90 Å². The van der Waals surface area contributed by atoms with Crippen LogP contribution < -0.4 is 0 Å².